The SMILES string of the molecule is O=C(CCl)c1cc(Cl)c(Cl)cc1C(F)(F)F. The van der Waals surface area contributed by atoms with Gasteiger partial charge in [0.05, 0.1) is 21.5 Å². The van der Waals surface area contributed by atoms with Crippen LogP contribution >= 0.6 is 34.8 Å². The van der Waals surface area contributed by atoms with Gasteiger partial charge >= 0.3 is 6.18 Å². The lowest BCUT2D eigenvalue weighted by Gasteiger charge is -2.12. The number of hydrogen-bond donors (Lipinski definition) is 0. The second-order valence-corrected chi connectivity index (χ2v) is 3.95. The van der Waals surface area contributed by atoms with E-state index in [-0.39, 0.29) is 10.0 Å². The first kappa shape index (κ1) is 13.6. The molecule has 0 heterocycles. The van der Waals surface area contributed by atoms with Crippen LogP contribution in [-0.2, 0) is 6.18 Å². The summed E-state index contributed by atoms with van der Waals surface area (Å²) in [5, 5.41) is -0.386. The molecule has 1 aromatic rings. The maximum Gasteiger partial charge on any atom is 0.417 e. The van der Waals surface area contributed by atoms with Crippen molar-refractivity contribution in [1.29, 1.82) is 0 Å². The first-order chi connectivity index (χ1) is 7.27. The van der Waals surface area contributed by atoms with Gasteiger partial charge in [-0.25, -0.2) is 0 Å². The summed E-state index contributed by atoms with van der Waals surface area (Å²) >= 11 is 16.2. The third kappa shape index (κ3) is 2.81. The van der Waals surface area contributed by atoms with Gasteiger partial charge in [-0.15, -0.1) is 11.6 Å². The number of hydrogen-bond acceptors (Lipinski definition) is 1. The Bertz CT molecular complexity index is 429. The number of alkyl halides is 4. The molecule has 1 rings (SSSR count). The zero-order valence-corrected chi connectivity index (χ0v) is 9.81. The van der Waals surface area contributed by atoms with Gasteiger partial charge in [0.25, 0.3) is 0 Å². The minimum atomic E-state index is -4.68. The summed E-state index contributed by atoms with van der Waals surface area (Å²) in [5.74, 6) is -1.41. The molecule has 0 aliphatic rings. The van der Waals surface area contributed by atoms with E-state index in [1.54, 1.807) is 0 Å². The Morgan fingerprint density at radius 3 is 2.12 bits per heavy atom. The lowest BCUT2D eigenvalue weighted by molar-refractivity contribution is -0.137. The van der Waals surface area contributed by atoms with Crippen LogP contribution in [0.2, 0.25) is 10.0 Å². The van der Waals surface area contributed by atoms with Crippen molar-refractivity contribution in [2.24, 2.45) is 0 Å². The fourth-order valence-corrected chi connectivity index (χ4v) is 1.56. The largest absolute Gasteiger partial charge is 0.417 e. The highest BCUT2D eigenvalue weighted by Crippen LogP contribution is 2.36. The third-order valence-electron chi connectivity index (χ3n) is 1.79. The minimum Gasteiger partial charge on any atom is -0.293 e. The van der Waals surface area contributed by atoms with Crippen molar-refractivity contribution in [3.8, 4) is 0 Å². The van der Waals surface area contributed by atoms with Crippen molar-refractivity contribution >= 4 is 40.6 Å². The van der Waals surface area contributed by atoms with Crippen LogP contribution < -0.4 is 0 Å². The average Bonchev–Trinajstić information content (AvgIpc) is 2.18. The van der Waals surface area contributed by atoms with E-state index in [4.69, 9.17) is 34.8 Å². The summed E-state index contributed by atoms with van der Waals surface area (Å²) in [5.41, 5.74) is -1.70. The van der Waals surface area contributed by atoms with Gasteiger partial charge in [-0.05, 0) is 12.1 Å². The molecule has 0 aliphatic heterocycles. The van der Waals surface area contributed by atoms with Crippen molar-refractivity contribution < 1.29 is 18.0 Å². The van der Waals surface area contributed by atoms with Gasteiger partial charge in [0.2, 0.25) is 0 Å². The molecule has 0 bridgehead atoms. The Labute approximate surface area is 104 Å². The van der Waals surface area contributed by atoms with Crippen molar-refractivity contribution in [1.82, 2.24) is 0 Å². The Kier molecular flexibility index (Phi) is 4.10. The zero-order chi connectivity index (χ0) is 12.5. The number of benzene rings is 1. The van der Waals surface area contributed by atoms with Gasteiger partial charge in [-0.1, -0.05) is 23.2 Å². The molecule has 0 amide bonds. The molecule has 1 nitrogen and oxygen atoms in total. The highest BCUT2D eigenvalue weighted by atomic mass is 35.5. The van der Waals surface area contributed by atoms with Crippen LogP contribution in [0.5, 0.6) is 0 Å². The lowest BCUT2D eigenvalue weighted by atomic mass is 10.0. The maximum absolute atomic E-state index is 12.6. The first-order valence-corrected chi connectivity index (χ1v) is 5.22. The fourth-order valence-electron chi connectivity index (χ4n) is 1.08. The number of rotatable bonds is 2. The molecule has 88 valence electrons. The molecular weight excluding hydrogens is 287 g/mol. The molecule has 0 aliphatic carbocycles. The molecule has 0 aromatic heterocycles. The van der Waals surface area contributed by atoms with E-state index in [9.17, 15) is 18.0 Å². The van der Waals surface area contributed by atoms with Gasteiger partial charge in [0.15, 0.2) is 5.78 Å². The quantitative estimate of drug-likeness (QED) is 0.582. The van der Waals surface area contributed by atoms with Crippen LogP contribution in [0, 0.1) is 0 Å². The summed E-state index contributed by atoms with van der Waals surface area (Å²) in [7, 11) is 0. The molecule has 1 aromatic carbocycles. The highest BCUT2D eigenvalue weighted by Gasteiger charge is 2.35. The molecule has 0 atom stereocenters. The van der Waals surface area contributed by atoms with Crippen molar-refractivity contribution in [3.63, 3.8) is 0 Å². The average molecular weight is 291 g/mol. The van der Waals surface area contributed by atoms with Gasteiger partial charge in [-0.3, -0.25) is 4.79 Å². The second kappa shape index (κ2) is 4.82. The Balaban J connectivity index is 3.45. The van der Waals surface area contributed by atoms with Crippen molar-refractivity contribution in [2.45, 2.75) is 6.18 Å². The van der Waals surface area contributed by atoms with E-state index in [1.807, 2.05) is 0 Å². The number of carbonyl (C=O) groups excluding carboxylic acids is 1. The Hall–Kier alpha value is -0.450. The van der Waals surface area contributed by atoms with Gasteiger partial charge in [0, 0.05) is 5.56 Å². The van der Waals surface area contributed by atoms with E-state index < -0.39 is 29.0 Å². The molecule has 0 fully saturated rings. The summed E-state index contributed by atoms with van der Waals surface area (Å²) in [6.07, 6.45) is -4.68. The highest BCUT2D eigenvalue weighted by molar-refractivity contribution is 6.42. The van der Waals surface area contributed by atoms with Crippen molar-refractivity contribution in [2.75, 3.05) is 5.88 Å². The normalized spacial score (nSPS) is 11.6. The zero-order valence-electron chi connectivity index (χ0n) is 7.54. The summed E-state index contributed by atoms with van der Waals surface area (Å²) in [6.45, 7) is 0. The van der Waals surface area contributed by atoms with E-state index in [2.05, 4.69) is 0 Å². The standard InChI is InChI=1S/C9H4Cl3F3O/c10-3-8(16)4-1-6(11)7(12)2-5(4)9(13,14)15/h1-2H,3H2. The summed E-state index contributed by atoms with van der Waals surface area (Å²) < 4.78 is 37.7. The molecule has 0 saturated heterocycles. The molecule has 0 N–H and O–H groups in total. The summed E-state index contributed by atoms with van der Waals surface area (Å²) in [6, 6.07) is 1.49. The van der Waals surface area contributed by atoms with E-state index in [0.29, 0.717) is 6.07 Å². The topological polar surface area (TPSA) is 17.1 Å². The van der Waals surface area contributed by atoms with Gasteiger partial charge < -0.3 is 0 Å². The van der Waals surface area contributed by atoms with Crippen LogP contribution in [-0.4, -0.2) is 11.7 Å². The molecule has 0 radical (unpaired) electrons. The summed E-state index contributed by atoms with van der Waals surface area (Å²) in [4.78, 5) is 11.2. The Morgan fingerprint density at radius 1 is 1.19 bits per heavy atom. The number of Topliss-reactive ketones (excluding diaryl/α,β-unsaturated/α-hetero) is 1. The maximum atomic E-state index is 12.6. The lowest BCUT2D eigenvalue weighted by Crippen LogP contribution is -2.14. The monoisotopic (exact) mass is 290 g/mol. The van der Waals surface area contributed by atoms with Crippen LogP contribution in [0.15, 0.2) is 12.1 Å². The fraction of sp³-hybridized carbons (Fsp3) is 0.222. The molecule has 16 heavy (non-hydrogen) atoms. The number of carbonyl (C=O) groups is 1. The number of ketones is 1. The van der Waals surface area contributed by atoms with Crippen molar-refractivity contribution in [3.05, 3.63) is 33.3 Å². The molecule has 0 spiro atoms. The first-order valence-electron chi connectivity index (χ1n) is 3.92. The van der Waals surface area contributed by atoms with Crippen LogP contribution in [0.4, 0.5) is 13.2 Å². The van der Waals surface area contributed by atoms with E-state index in [0.717, 1.165) is 6.07 Å². The van der Waals surface area contributed by atoms with Gasteiger partial charge in [-0.2, -0.15) is 13.2 Å². The van der Waals surface area contributed by atoms with Crippen LogP contribution in [0.3, 0.4) is 0 Å². The molecule has 0 unspecified atom stereocenters. The van der Waals surface area contributed by atoms with E-state index in [1.165, 1.54) is 0 Å². The smallest absolute Gasteiger partial charge is 0.293 e. The predicted molar refractivity (Wildman–Crippen MR) is 56.5 cm³/mol. The van der Waals surface area contributed by atoms with E-state index >= 15 is 0 Å². The van der Waals surface area contributed by atoms with Crippen LogP contribution in [0.1, 0.15) is 15.9 Å². The second-order valence-electron chi connectivity index (χ2n) is 2.87. The molecule has 0 saturated carbocycles. The molecular formula is C9H4Cl3F3O. The molecule has 7 heteroatoms. The van der Waals surface area contributed by atoms with Gasteiger partial charge in [0.1, 0.15) is 0 Å². The third-order valence-corrected chi connectivity index (χ3v) is 2.75. The Morgan fingerprint density at radius 2 is 1.69 bits per heavy atom. The minimum absolute atomic E-state index is 0.122. The van der Waals surface area contributed by atoms with Crippen LogP contribution in [0.25, 0.3) is 0 Å². The number of halogens is 6. The predicted octanol–water partition coefficient (Wildman–Crippen LogP) is 4.43.